The van der Waals surface area contributed by atoms with Crippen molar-refractivity contribution in [2.45, 2.75) is 19.8 Å². The van der Waals surface area contributed by atoms with Crippen LogP contribution in [0.15, 0.2) is 48.5 Å². The zero-order valence-corrected chi connectivity index (χ0v) is 15.8. The first kappa shape index (κ1) is 18.5. The molecule has 5 nitrogen and oxygen atoms in total. The highest BCUT2D eigenvalue weighted by molar-refractivity contribution is 7.92. The first-order valence-electron chi connectivity index (χ1n) is 8.79. The summed E-state index contributed by atoms with van der Waals surface area (Å²) in [7, 11) is -2.85. The third kappa shape index (κ3) is 4.43. The van der Waals surface area contributed by atoms with E-state index >= 15 is 0 Å². The number of rotatable bonds is 6. The van der Waals surface area contributed by atoms with E-state index in [1.165, 1.54) is 5.56 Å². The van der Waals surface area contributed by atoms with Gasteiger partial charge in [-0.1, -0.05) is 32.0 Å². The van der Waals surface area contributed by atoms with Crippen LogP contribution in [0.25, 0.3) is 0 Å². The van der Waals surface area contributed by atoms with Crippen molar-refractivity contribution >= 4 is 27.1 Å². The molecule has 3 rings (SSSR count). The number of nitrogens with one attached hydrogen (secondary N) is 2. The van der Waals surface area contributed by atoms with Gasteiger partial charge in [-0.15, -0.1) is 0 Å². The number of sulfone groups is 1. The Morgan fingerprint density at radius 1 is 1.08 bits per heavy atom. The van der Waals surface area contributed by atoms with E-state index < -0.39 is 9.84 Å². The Labute approximate surface area is 154 Å². The van der Waals surface area contributed by atoms with E-state index in [1.807, 2.05) is 30.3 Å². The van der Waals surface area contributed by atoms with E-state index in [9.17, 15) is 13.2 Å². The van der Waals surface area contributed by atoms with Crippen molar-refractivity contribution in [1.29, 1.82) is 0 Å². The van der Waals surface area contributed by atoms with Crippen molar-refractivity contribution in [3.05, 3.63) is 59.7 Å². The number of hydrogen-bond acceptors (Lipinski definition) is 4. The summed E-state index contributed by atoms with van der Waals surface area (Å²) in [5, 5.41) is 6.21. The standard InChI is InChI=1S/C20H24N2O3S/c1-14(2)18-5-3-4-6-19(18)22-17-9-7-16(8-10-17)20(23)21-11-15-12-26(24,25)13-15/h3-10,14-15,22H,11-13H2,1-2H3,(H,21,23). The quantitative estimate of drug-likeness (QED) is 0.816. The number of carbonyl (C=O) groups excluding carboxylic acids is 1. The highest BCUT2D eigenvalue weighted by Gasteiger charge is 2.33. The molecule has 138 valence electrons. The lowest BCUT2D eigenvalue weighted by Crippen LogP contribution is -2.44. The van der Waals surface area contributed by atoms with Gasteiger partial charge in [-0.25, -0.2) is 8.42 Å². The first-order chi connectivity index (χ1) is 12.3. The molecule has 0 bridgehead atoms. The maximum Gasteiger partial charge on any atom is 0.251 e. The predicted octanol–water partition coefficient (Wildman–Crippen LogP) is 3.33. The molecule has 2 aromatic carbocycles. The summed E-state index contributed by atoms with van der Waals surface area (Å²) in [6.07, 6.45) is 0. The molecule has 0 atom stereocenters. The largest absolute Gasteiger partial charge is 0.355 e. The van der Waals surface area contributed by atoms with Crippen LogP contribution in [0, 0.1) is 5.92 Å². The van der Waals surface area contributed by atoms with Crippen LogP contribution in [0.3, 0.4) is 0 Å². The summed E-state index contributed by atoms with van der Waals surface area (Å²) in [6, 6.07) is 15.5. The van der Waals surface area contributed by atoms with Crippen LogP contribution in [0.4, 0.5) is 11.4 Å². The second kappa shape index (κ2) is 7.50. The maximum atomic E-state index is 12.2. The third-order valence-electron chi connectivity index (χ3n) is 4.54. The molecule has 26 heavy (non-hydrogen) atoms. The fourth-order valence-corrected chi connectivity index (χ4v) is 4.68. The van der Waals surface area contributed by atoms with Crippen LogP contribution >= 0.6 is 0 Å². The van der Waals surface area contributed by atoms with Gasteiger partial charge in [0.05, 0.1) is 11.5 Å². The van der Waals surface area contributed by atoms with Crippen molar-refractivity contribution in [2.24, 2.45) is 5.92 Å². The summed E-state index contributed by atoms with van der Waals surface area (Å²) >= 11 is 0. The van der Waals surface area contributed by atoms with Crippen molar-refractivity contribution in [3.8, 4) is 0 Å². The van der Waals surface area contributed by atoms with Gasteiger partial charge in [-0.3, -0.25) is 4.79 Å². The molecule has 0 saturated carbocycles. The van der Waals surface area contributed by atoms with Gasteiger partial charge in [-0.05, 0) is 41.8 Å². The van der Waals surface area contributed by atoms with Crippen LogP contribution in [-0.2, 0) is 9.84 Å². The molecule has 0 aliphatic carbocycles. The number of benzene rings is 2. The Hall–Kier alpha value is -2.34. The van der Waals surface area contributed by atoms with Crippen LogP contribution in [-0.4, -0.2) is 32.4 Å². The number of anilines is 2. The molecule has 2 aromatic rings. The molecule has 0 aromatic heterocycles. The topological polar surface area (TPSA) is 75.3 Å². The van der Waals surface area contributed by atoms with Gasteiger partial charge in [0, 0.05) is 29.4 Å². The number of amides is 1. The van der Waals surface area contributed by atoms with Gasteiger partial charge in [0.15, 0.2) is 9.84 Å². The van der Waals surface area contributed by atoms with Gasteiger partial charge in [-0.2, -0.15) is 0 Å². The summed E-state index contributed by atoms with van der Waals surface area (Å²) in [6.45, 7) is 4.71. The lowest BCUT2D eigenvalue weighted by molar-refractivity contribution is 0.0948. The molecule has 6 heteroatoms. The van der Waals surface area contributed by atoms with E-state index in [0.717, 1.165) is 11.4 Å². The zero-order chi connectivity index (χ0) is 18.7. The molecular formula is C20H24N2O3S. The normalized spacial score (nSPS) is 16.1. The minimum absolute atomic E-state index is 0.0393. The summed E-state index contributed by atoms with van der Waals surface area (Å²) in [5.74, 6) is 0.622. The minimum Gasteiger partial charge on any atom is -0.355 e. The van der Waals surface area contributed by atoms with Crippen LogP contribution < -0.4 is 10.6 Å². The molecule has 0 unspecified atom stereocenters. The molecule has 1 heterocycles. The van der Waals surface area contributed by atoms with E-state index in [2.05, 4.69) is 30.5 Å². The van der Waals surface area contributed by atoms with Crippen LogP contribution in [0.1, 0.15) is 35.7 Å². The van der Waals surface area contributed by atoms with Gasteiger partial charge in [0.25, 0.3) is 5.91 Å². The molecule has 2 N–H and O–H groups in total. The molecule has 0 spiro atoms. The lowest BCUT2D eigenvalue weighted by atomic mass is 10.0. The highest BCUT2D eigenvalue weighted by atomic mass is 32.2. The molecular weight excluding hydrogens is 348 g/mol. The molecule has 1 amide bonds. The average Bonchev–Trinajstić information content (AvgIpc) is 2.58. The molecule has 1 saturated heterocycles. The second-order valence-electron chi connectivity index (χ2n) is 7.10. The van der Waals surface area contributed by atoms with E-state index in [0.29, 0.717) is 18.0 Å². The van der Waals surface area contributed by atoms with Crippen LogP contribution in [0.5, 0.6) is 0 Å². The fraction of sp³-hybridized carbons (Fsp3) is 0.350. The number of carbonyl (C=O) groups is 1. The highest BCUT2D eigenvalue weighted by Crippen LogP contribution is 2.27. The van der Waals surface area contributed by atoms with E-state index in [-0.39, 0.29) is 23.3 Å². The van der Waals surface area contributed by atoms with E-state index in [4.69, 9.17) is 0 Å². The van der Waals surface area contributed by atoms with Crippen molar-refractivity contribution in [1.82, 2.24) is 5.32 Å². The molecule has 1 aliphatic rings. The average molecular weight is 372 g/mol. The summed E-state index contributed by atoms with van der Waals surface area (Å²) < 4.78 is 22.3. The SMILES string of the molecule is CC(C)c1ccccc1Nc1ccc(C(=O)NCC2CS(=O)(=O)C2)cc1. The van der Waals surface area contributed by atoms with Gasteiger partial charge in [0.2, 0.25) is 0 Å². The molecule has 0 radical (unpaired) electrons. The molecule has 1 aliphatic heterocycles. The Balaban J connectivity index is 1.59. The lowest BCUT2D eigenvalue weighted by Gasteiger charge is -2.25. The first-order valence-corrected chi connectivity index (χ1v) is 10.6. The smallest absolute Gasteiger partial charge is 0.251 e. The minimum atomic E-state index is -2.85. The fourth-order valence-electron chi connectivity index (χ4n) is 3.10. The van der Waals surface area contributed by atoms with Gasteiger partial charge in [0.1, 0.15) is 0 Å². The predicted molar refractivity (Wildman–Crippen MR) is 105 cm³/mol. The second-order valence-corrected chi connectivity index (χ2v) is 9.25. The Morgan fingerprint density at radius 3 is 2.35 bits per heavy atom. The summed E-state index contributed by atoms with van der Waals surface area (Å²) in [5.41, 5.74) is 3.78. The van der Waals surface area contributed by atoms with Gasteiger partial charge >= 0.3 is 0 Å². The zero-order valence-electron chi connectivity index (χ0n) is 15.0. The number of hydrogen-bond donors (Lipinski definition) is 2. The van der Waals surface area contributed by atoms with Crippen molar-refractivity contribution < 1.29 is 13.2 Å². The Bertz CT molecular complexity index is 878. The molecule has 1 fully saturated rings. The van der Waals surface area contributed by atoms with Gasteiger partial charge < -0.3 is 10.6 Å². The van der Waals surface area contributed by atoms with Crippen molar-refractivity contribution in [3.63, 3.8) is 0 Å². The monoisotopic (exact) mass is 372 g/mol. The summed E-state index contributed by atoms with van der Waals surface area (Å²) in [4.78, 5) is 12.2. The van der Waals surface area contributed by atoms with Crippen molar-refractivity contribution in [2.75, 3.05) is 23.4 Å². The number of para-hydroxylation sites is 1. The maximum absolute atomic E-state index is 12.2. The van der Waals surface area contributed by atoms with E-state index in [1.54, 1.807) is 12.1 Å². The van der Waals surface area contributed by atoms with Crippen LogP contribution in [0.2, 0.25) is 0 Å². The Kier molecular flexibility index (Phi) is 5.32. The third-order valence-corrected chi connectivity index (χ3v) is 6.50. The Morgan fingerprint density at radius 2 is 1.73 bits per heavy atom.